The van der Waals surface area contributed by atoms with E-state index in [0.29, 0.717) is 0 Å². The molecule has 1 aliphatic carbocycles. The van der Waals surface area contributed by atoms with Gasteiger partial charge in [-0.25, -0.2) is 0 Å². The molecule has 0 aliphatic heterocycles. The van der Waals surface area contributed by atoms with Crippen LogP contribution < -0.4 is 0 Å². The van der Waals surface area contributed by atoms with Crippen molar-refractivity contribution in [3.8, 4) is 16.8 Å². The van der Waals surface area contributed by atoms with E-state index in [1.807, 2.05) is 22.7 Å². The smallest absolute Gasteiger partial charge is 0.0548 e. The van der Waals surface area contributed by atoms with Crippen LogP contribution in [0.25, 0.3) is 79.0 Å². The summed E-state index contributed by atoms with van der Waals surface area (Å²) in [6.07, 6.45) is 0. The Morgan fingerprint density at radius 3 is 1.67 bits per heavy atom. The van der Waals surface area contributed by atoms with Crippen molar-refractivity contribution < 1.29 is 0 Å². The van der Waals surface area contributed by atoms with Gasteiger partial charge in [-0.05, 0) is 70.8 Å². The normalized spacial score (nSPS) is 14.1. The van der Waals surface area contributed by atoms with E-state index < -0.39 is 0 Å². The number of aromatic nitrogens is 1. The molecule has 0 unspecified atom stereocenters. The van der Waals surface area contributed by atoms with Crippen molar-refractivity contribution in [1.82, 2.24) is 4.57 Å². The lowest BCUT2D eigenvalue weighted by Gasteiger charge is -2.21. The lowest BCUT2D eigenvalue weighted by Crippen LogP contribution is -2.14. The first kappa shape index (κ1) is 23.2. The summed E-state index contributed by atoms with van der Waals surface area (Å²) < 4.78 is 7.92. The van der Waals surface area contributed by atoms with E-state index in [1.54, 1.807) is 0 Å². The van der Waals surface area contributed by atoms with Crippen molar-refractivity contribution in [2.45, 2.75) is 19.3 Å². The highest BCUT2D eigenvalue weighted by molar-refractivity contribution is 7.26. The third kappa shape index (κ3) is 2.78. The standard InChI is InChI=1S/C39H25NS2/c1-39(2)27-12-6-3-9-23(27)26-21-22(15-16-28(26)39)40-29-17-19-33-35(24-10-4-7-13-31(24)41-33)37(29)38-30(40)18-20-34-36(38)25-11-5-8-14-32(25)42-34/h3-21H,1-2H3. The lowest BCUT2D eigenvalue weighted by atomic mass is 9.82. The first-order valence-electron chi connectivity index (χ1n) is 14.5. The average molecular weight is 572 g/mol. The summed E-state index contributed by atoms with van der Waals surface area (Å²) in [7, 11) is 0. The highest BCUT2D eigenvalue weighted by Gasteiger charge is 2.35. The molecule has 0 saturated carbocycles. The number of rotatable bonds is 1. The fourth-order valence-electron chi connectivity index (χ4n) is 7.75. The van der Waals surface area contributed by atoms with Gasteiger partial charge in [0.2, 0.25) is 0 Å². The number of benzene rings is 6. The Morgan fingerprint density at radius 1 is 0.476 bits per heavy atom. The van der Waals surface area contributed by atoms with Crippen LogP contribution in [0.4, 0.5) is 0 Å². The Morgan fingerprint density at radius 2 is 1.02 bits per heavy atom. The van der Waals surface area contributed by atoms with Crippen LogP contribution in [0.3, 0.4) is 0 Å². The second-order valence-electron chi connectivity index (χ2n) is 12.1. The van der Waals surface area contributed by atoms with Crippen LogP contribution in [0.5, 0.6) is 0 Å². The molecule has 9 aromatic rings. The van der Waals surface area contributed by atoms with Gasteiger partial charge in [-0.3, -0.25) is 0 Å². The predicted octanol–water partition coefficient (Wildman–Crippen LogP) is 11.8. The Bertz CT molecular complexity index is 2480. The molecule has 0 radical (unpaired) electrons. The first-order chi connectivity index (χ1) is 20.6. The second kappa shape index (κ2) is 7.89. The third-order valence-electron chi connectivity index (χ3n) is 9.60. The zero-order valence-electron chi connectivity index (χ0n) is 23.2. The van der Waals surface area contributed by atoms with Gasteiger partial charge in [-0.2, -0.15) is 0 Å². The molecule has 1 nitrogen and oxygen atoms in total. The van der Waals surface area contributed by atoms with Crippen LogP contribution in [-0.2, 0) is 5.41 Å². The van der Waals surface area contributed by atoms with Crippen molar-refractivity contribution in [3.05, 3.63) is 126 Å². The van der Waals surface area contributed by atoms with E-state index in [4.69, 9.17) is 0 Å². The largest absolute Gasteiger partial charge is 0.309 e. The molecule has 1 aliphatic rings. The van der Waals surface area contributed by atoms with Gasteiger partial charge in [0, 0.05) is 62.2 Å². The summed E-state index contributed by atoms with van der Waals surface area (Å²) in [4.78, 5) is 0. The van der Waals surface area contributed by atoms with E-state index >= 15 is 0 Å². The number of hydrogen-bond donors (Lipinski definition) is 0. The maximum absolute atomic E-state index is 2.52. The van der Waals surface area contributed by atoms with Crippen molar-refractivity contribution in [2.75, 3.05) is 0 Å². The highest BCUT2D eigenvalue weighted by Crippen LogP contribution is 2.51. The summed E-state index contributed by atoms with van der Waals surface area (Å²) in [5.41, 5.74) is 9.30. The Kier molecular flexibility index (Phi) is 4.35. The minimum atomic E-state index is -0.00517. The van der Waals surface area contributed by atoms with Crippen molar-refractivity contribution in [2.24, 2.45) is 0 Å². The summed E-state index contributed by atoms with van der Waals surface area (Å²) in [6.45, 7) is 4.71. The average Bonchev–Trinajstić information content (AvgIpc) is 3.73. The van der Waals surface area contributed by atoms with Gasteiger partial charge >= 0.3 is 0 Å². The van der Waals surface area contributed by atoms with E-state index in [0.717, 1.165) is 0 Å². The van der Waals surface area contributed by atoms with Crippen molar-refractivity contribution in [3.63, 3.8) is 0 Å². The predicted molar refractivity (Wildman–Crippen MR) is 184 cm³/mol. The van der Waals surface area contributed by atoms with Crippen LogP contribution in [0, 0.1) is 0 Å². The Hall–Kier alpha value is -4.44. The molecule has 0 saturated heterocycles. The topological polar surface area (TPSA) is 4.93 Å². The molecule has 0 spiro atoms. The summed E-state index contributed by atoms with van der Waals surface area (Å²) in [6, 6.07) is 43.3. The molecule has 10 rings (SSSR count). The van der Waals surface area contributed by atoms with E-state index in [2.05, 4.69) is 134 Å². The molecule has 6 aromatic carbocycles. The van der Waals surface area contributed by atoms with Gasteiger partial charge in [0.05, 0.1) is 11.0 Å². The van der Waals surface area contributed by atoms with Crippen LogP contribution >= 0.6 is 22.7 Å². The highest BCUT2D eigenvalue weighted by atomic mass is 32.1. The molecule has 0 bridgehead atoms. The molecule has 3 heteroatoms. The molecule has 0 N–H and O–H groups in total. The van der Waals surface area contributed by atoms with Crippen LogP contribution in [0.15, 0.2) is 115 Å². The molecule has 3 heterocycles. The zero-order valence-corrected chi connectivity index (χ0v) is 24.9. The summed E-state index contributed by atoms with van der Waals surface area (Å²) in [5, 5.41) is 8.21. The van der Waals surface area contributed by atoms with Crippen LogP contribution in [-0.4, -0.2) is 4.57 Å². The molecular formula is C39H25NS2. The number of thiophene rings is 2. The van der Waals surface area contributed by atoms with Crippen molar-refractivity contribution >= 4 is 84.8 Å². The maximum Gasteiger partial charge on any atom is 0.0548 e. The van der Waals surface area contributed by atoms with E-state index in [9.17, 15) is 0 Å². The molecule has 0 fully saturated rings. The molecular weight excluding hydrogens is 547 g/mol. The van der Waals surface area contributed by atoms with Gasteiger partial charge in [-0.1, -0.05) is 80.6 Å². The monoisotopic (exact) mass is 571 g/mol. The fraction of sp³-hybridized carbons (Fsp3) is 0.0769. The fourth-order valence-corrected chi connectivity index (χ4v) is 9.97. The van der Waals surface area contributed by atoms with Gasteiger partial charge < -0.3 is 4.57 Å². The van der Waals surface area contributed by atoms with Gasteiger partial charge in [0.15, 0.2) is 0 Å². The minimum absolute atomic E-state index is 0.00517. The molecule has 0 amide bonds. The zero-order chi connectivity index (χ0) is 27.7. The SMILES string of the molecule is CC1(C)c2ccccc2-c2cc(-n3c4ccc5sc6ccccc6c5c4c4c5c(ccc43)sc3ccccc35)ccc21. The Balaban J connectivity index is 1.42. The van der Waals surface area contributed by atoms with Crippen LogP contribution in [0.1, 0.15) is 25.0 Å². The Labute approximate surface area is 250 Å². The minimum Gasteiger partial charge on any atom is -0.309 e. The molecule has 3 aromatic heterocycles. The quantitative estimate of drug-likeness (QED) is 0.185. The van der Waals surface area contributed by atoms with Gasteiger partial charge in [0.1, 0.15) is 0 Å². The van der Waals surface area contributed by atoms with E-state index in [1.165, 1.54) is 90.1 Å². The summed E-state index contributed by atoms with van der Waals surface area (Å²) in [5.74, 6) is 0. The molecule has 0 atom stereocenters. The number of fused-ring (bicyclic) bond motifs is 14. The molecule has 198 valence electrons. The van der Waals surface area contributed by atoms with Gasteiger partial charge in [-0.15, -0.1) is 22.7 Å². The molecule has 42 heavy (non-hydrogen) atoms. The number of nitrogens with zero attached hydrogens (tertiary/aromatic N) is 1. The maximum atomic E-state index is 2.52. The summed E-state index contributed by atoms with van der Waals surface area (Å²) >= 11 is 3.81. The van der Waals surface area contributed by atoms with Crippen molar-refractivity contribution in [1.29, 1.82) is 0 Å². The first-order valence-corrected chi connectivity index (χ1v) is 16.2. The van der Waals surface area contributed by atoms with Gasteiger partial charge in [0.25, 0.3) is 0 Å². The second-order valence-corrected chi connectivity index (χ2v) is 14.3. The number of hydrogen-bond acceptors (Lipinski definition) is 2. The third-order valence-corrected chi connectivity index (χ3v) is 11.9. The van der Waals surface area contributed by atoms with Crippen LogP contribution in [0.2, 0.25) is 0 Å². The van der Waals surface area contributed by atoms with E-state index in [-0.39, 0.29) is 5.41 Å². The lowest BCUT2D eigenvalue weighted by molar-refractivity contribution is 0.660.